The average Bonchev–Trinajstić information content (AvgIpc) is 2.99. The van der Waals surface area contributed by atoms with Gasteiger partial charge in [0.25, 0.3) is 0 Å². The third-order valence-electron chi connectivity index (χ3n) is 9.12. The fraction of sp³-hybridized carbons (Fsp3) is 0.455. The molecule has 3 aromatic carbocycles. The first kappa shape index (κ1) is 26.1. The second-order valence-corrected chi connectivity index (χ2v) is 15.3. The van der Waals surface area contributed by atoms with Crippen LogP contribution in [-0.4, -0.2) is 32.6 Å². The van der Waals surface area contributed by atoms with Crippen molar-refractivity contribution in [3.63, 3.8) is 0 Å². The molecule has 198 valence electrons. The van der Waals surface area contributed by atoms with E-state index < -0.39 is 7.26 Å². The van der Waals surface area contributed by atoms with Crippen LogP contribution >= 0.6 is 7.26 Å². The Labute approximate surface area is 223 Å². The van der Waals surface area contributed by atoms with Crippen LogP contribution in [0.2, 0.25) is 0 Å². The molecule has 0 saturated heterocycles. The molecule has 0 aromatic heterocycles. The van der Waals surface area contributed by atoms with E-state index in [0.29, 0.717) is 11.3 Å². The summed E-state index contributed by atoms with van der Waals surface area (Å²) in [6, 6.07) is 24.5. The Kier molecular flexibility index (Phi) is 8.40. The molecule has 3 nitrogen and oxygen atoms in total. The molecule has 37 heavy (non-hydrogen) atoms. The monoisotopic (exact) mass is 518 g/mol. The molecule has 0 aliphatic heterocycles. The Balaban J connectivity index is 1.85. The topological polar surface area (TPSA) is 27.7 Å². The molecule has 2 aliphatic carbocycles. The quantitative estimate of drug-likeness (QED) is 0.285. The number of para-hydroxylation sites is 1. The minimum absolute atomic E-state index is 0.707. The van der Waals surface area contributed by atoms with Crippen LogP contribution in [0.15, 0.2) is 66.7 Å². The Bertz CT molecular complexity index is 1160. The average molecular weight is 519 g/mol. The molecule has 0 N–H and O–H groups in total. The van der Waals surface area contributed by atoms with Crippen molar-refractivity contribution in [1.29, 1.82) is 0 Å². The van der Waals surface area contributed by atoms with Crippen LogP contribution < -0.4 is 24.8 Å². The molecule has 3 aromatic rings. The van der Waals surface area contributed by atoms with Crippen molar-refractivity contribution in [2.75, 3.05) is 21.3 Å². The van der Waals surface area contributed by atoms with Gasteiger partial charge in [0.05, 0.1) is 0 Å². The van der Waals surface area contributed by atoms with Gasteiger partial charge in [0.15, 0.2) is 0 Å². The summed E-state index contributed by atoms with van der Waals surface area (Å²) in [5.41, 5.74) is 3.86. The second-order valence-electron chi connectivity index (χ2n) is 10.9. The van der Waals surface area contributed by atoms with Crippen LogP contribution in [0.5, 0.6) is 17.2 Å². The summed E-state index contributed by atoms with van der Waals surface area (Å²) in [7, 11) is 3.06. The van der Waals surface area contributed by atoms with Crippen molar-refractivity contribution in [1.82, 2.24) is 0 Å². The number of hydrogen-bond acceptors (Lipinski definition) is 3. The molecule has 0 unspecified atom stereocenters. The molecule has 0 radical (unpaired) electrons. The fourth-order valence-electron chi connectivity index (χ4n) is 7.56. The van der Waals surface area contributed by atoms with Gasteiger partial charge in [0.1, 0.15) is 0 Å². The summed E-state index contributed by atoms with van der Waals surface area (Å²) < 4.78 is 17.8. The maximum atomic E-state index is 6.17. The zero-order valence-electron chi connectivity index (χ0n) is 22.8. The van der Waals surface area contributed by atoms with Gasteiger partial charge >= 0.3 is 224 Å². The van der Waals surface area contributed by atoms with E-state index in [1.165, 1.54) is 75.1 Å². The van der Waals surface area contributed by atoms with Gasteiger partial charge in [-0.1, -0.05) is 0 Å². The van der Waals surface area contributed by atoms with E-state index in [0.717, 1.165) is 22.8 Å². The van der Waals surface area contributed by atoms with Crippen molar-refractivity contribution in [2.45, 2.75) is 75.5 Å². The van der Waals surface area contributed by atoms with Gasteiger partial charge in [-0.25, -0.2) is 0 Å². The first-order valence-corrected chi connectivity index (χ1v) is 16.3. The minimum atomic E-state index is -2.32. The molecule has 2 fully saturated rings. The zero-order valence-corrected chi connectivity index (χ0v) is 23.8. The number of rotatable bonds is 8. The number of methoxy groups -OCH3 is 3. The first-order chi connectivity index (χ1) is 18.2. The zero-order chi connectivity index (χ0) is 25.7. The van der Waals surface area contributed by atoms with Gasteiger partial charge in [-0.2, -0.15) is 0 Å². The molecule has 0 atom stereocenters. The fourth-order valence-corrected chi connectivity index (χ4v) is 14.9. The third kappa shape index (κ3) is 4.88. The predicted octanol–water partition coefficient (Wildman–Crippen LogP) is 7.75. The molecule has 0 amide bonds. The van der Waals surface area contributed by atoms with Crippen LogP contribution in [0.25, 0.3) is 11.1 Å². The molecule has 0 spiro atoms. The second kappa shape index (κ2) is 11.9. The van der Waals surface area contributed by atoms with Gasteiger partial charge in [-0.05, 0) is 0 Å². The van der Waals surface area contributed by atoms with Crippen molar-refractivity contribution in [2.24, 2.45) is 0 Å². The summed E-state index contributed by atoms with van der Waals surface area (Å²) >= 11 is 0. The van der Waals surface area contributed by atoms with Crippen LogP contribution in [0, 0.1) is 0 Å². The Morgan fingerprint density at radius 3 is 1.70 bits per heavy atom. The van der Waals surface area contributed by atoms with Crippen molar-refractivity contribution in [3.05, 3.63) is 66.7 Å². The maximum absolute atomic E-state index is 6.17. The molecule has 5 rings (SSSR count). The molecule has 0 bridgehead atoms. The number of ether oxygens (including phenoxy) is 3. The van der Waals surface area contributed by atoms with E-state index in [2.05, 4.69) is 60.7 Å². The molecule has 4 heteroatoms. The van der Waals surface area contributed by atoms with E-state index in [1.54, 1.807) is 19.5 Å². The van der Waals surface area contributed by atoms with Crippen LogP contribution in [0.4, 0.5) is 0 Å². The van der Waals surface area contributed by atoms with Gasteiger partial charge < -0.3 is 0 Å². The number of benzene rings is 3. The van der Waals surface area contributed by atoms with Gasteiger partial charge in [0.2, 0.25) is 0 Å². The van der Waals surface area contributed by atoms with Gasteiger partial charge in [-0.3, -0.25) is 0 Å². The van der Waals surface area contributed by atoms with Gasteiger partial charge in [-0.15, -0.1) is 0 Å². The Morgan fingerprint density at radius 2 is 1.11 bits per heavy atom. The molecule has 2 aliphatic rings. The summed E-state index contributed by atoms with van der Waals surface area (Å²) in [6.45, 7) is 0. The molecular formula is C33H43O3P. The predicted molar refractivity (Wildman–Crippen MR) is 159 cm³/mol. The van der Waals surface area contributed by atoms with Crippen LogP contribution in [0.3, 0.4) is 0 Å². The van der Waals surface area contributed by atoms with Crippen molar-refractivity contribution < 1.29 is 14.2 Å². The molecular weight excluding hydrogens is 475 g/mol. The Hall–Kier alpha value is -2.51. The SMILES string of the molecule is COc1ccc(OC)c(-c2ccccc2[PH](c2ccccc2OC)(C2CCCCC2)C2CCCCC2)c1. The summed E-state index contributed by atoms with van der Waals surface area (Å²) in [4.78, 5) is 0. The normalized spacial score (nSPS) is 17.8. The van der Waals surface area contributed by atoms with Crippen LogP contribution in [0.1, 0.15) is 64.2 Å². The van der Waals surface area contributed by atoms with Crippen molar-refractivity contribution in [3.8, 4) is 28.4 Å². The standard InChI is InChI=1S/C33H43O3P/c1-34-25-22-23-30(35-2)29(24-25)28-18-10-12-20-32(28)37(26-14-6-4-7-15-26,27-16-8-5-9-17-27)33-21-13-11-19-31(33)36-3/h10-13,18-24,26-27,37H,4-9,14-17H2,1-3H3. The van der Waals surface area contributed by atoms with Crippen molar-refractivity contribution >= 4 is 17.9 Å². The Morgan fingerprint density at radius 1 is 0.541 bits per heavy atom. The van der Waals surface area contributed by atoms with E-state index >= 15 is 0 Å². The number of hydrogen-bond donors (Lipinski definition) is 0. The van der Waals surface area contributed by atoms with E-state index in [1.807, 2.05) is 13.2 Å². The van der Waals surface area contributed by atoms with E-state index in [9.17, 15) is 0 Å². The van der Waals surface area contributed by atoms with Gasteiger partial charge in [0, 0.05) is 0 Å². The summed E-state index contributed by atoms with van der Waals surface area (Å²) in [6.07, 6.45) is 13.4. The summed E-state index contributed by atoms with van der Waals surface area (Å²) in [5.74, 6) is 2.85. The molecule has 2 saturated carbocycles. The van der Waals surface area contributed by atoms with Crippen LogP contribution in [-0.2, 0) is 0 Å². The van der Waals surface area contributed by atoms with E-state index in [4.69, 9.17) is 14.2 Å². The molecule has 0 heterocycles. The first-order valence-electron chi connectivity index (χ1n) is 14.2. The summed E-state index contributed by atoms with van der Waals surface area (Å²) in [5, 5.41) is 3.07. The van der Waals surface area contributed by atoms with E-state index in [-0.39, 0.29) is 0 Å². The third-order valence-corrected chi connectivity index (χ3v) is 15.5.